The number of amides is 3. The summed E-state index contributed by atoms with van der Waals surface area (Å²) in [5.74, 6) is 0.196. The van der Waals surface area contributed by atoms with E-state index >= 15 is 0 Å². The van der Waals surface area contributed by atoms with E-state index in [4.69, 9.17) is 4.98 Å². The number of urea groups is 1. The van der Waals surface area contributed by atoms with Crippen molar-refractivity contribution in [1.29, 1.82) is 0 Å². The van der Waals surface area contributed by atoms with Crippen LogP contribution in [0.3, 0.4) is 0 Å². The molecule has 2 aromatic heterocycles. The van der Waals surface area contributed by atoms with Gasteiger partial charge in [-0.3, -0.25) is 4.79 Å². The number of hydrogen-bond donors (Lipinski definition) is 3. The Bertz CT molecular complexity index is 1080. The Morgan fingerprint density at radius 3 is 2.52 bits per heavy atom. The van der Waals surface area contributed by atoms with E-state index in [1.165, 1.54) is 0 Å². The minimum atomic E-state index is -0.320. The predicted octanol–water partition coefficient (Wildman–Crippen LogP) is 3.89. The molecule has 0 radical (unpaired) electrons. The molecule has 1 aromatic carbocycles. The van der Waals surface area contributed by atoms with Gasteiger partial charge < -0.3 is 16.0 Å². The van der Waals surface area contributed by atoms with Crippen molar-refractivity contribution in [2.45, 2.75) is 38.6 Å². The van der Waals surface area contributed by atoms with Crippen LogP contribution in [0.5, 0.6) is 0 Å². The number of nitrogens with zero attached hydrogens (tertiary/aromatic N) is 3. The second-order valence-electron chi connectivity index (χ2n) is 7.53. The van der Waals surface area contributed by atoms with Crippen molar-refractivity contribution < 1.29 is 9.59 Å². The summed E-state index contributed by atoms with van der Waals surface area (Å²) >= 11 is 0. The molecule has 8 heteroatoms. The van der Waals surface area contributed by atoms with Gasteiger partial charge in [-0.2, -0.15) is 5.10 Å². The molecule has 4 rings (SSSR count). The van der Waals surface area contributed by atoms with Gasteiger partial charge in [0, 0.05) is 36.1 Å². The van der Waals surface area contributed by atoms with E-state index in [9.17, 15) is 9.59 Å². The maximum absolute atomic E-state index is 13.1. The van der Waals surface area contributed by atoms with Gasteiger partial charge in [-0.25, -0.2) is 14.5 Å². The molecule has 1 saturated carbocycles. The zero-order valence-corrected chi connectivity index (χ0v) is 16.7. The average molecular weight is 392 g/mol. The fraction of sp³-hybridized carbons (Fsp3) is 0.333. The third-order valence-electron chi connectivity index (χ3n) is 4.92. The topological polar surface area (TPSA) is 101 Å². The molecule has 0 saturated heterocycles. The SMILES string of the molecule is CNC(=O)Nc1cccc(NC(=O)c2cc(C3CC3)nc3c2cnn3C(C)C)c1. The summed E-state index contributed by atoms with van der Waals surface area (Å²) in [5, 5.41) is 13.3. The molecule has 3 N–H and O–H groups in total. The smallest absolute Gasteiger partial charge is 0.318 e. The first-order valence-corrected chi connectivity index (χ1v) is 9.74. The minimum Gasteiger partial charge on any atom is -0.341 e. The van der Waals surface area contributed by atoms with Gasteiger partial charge in [-0.1, -0.05) is 6.07 Å². The summed E-state index contributed by atoms with van der Waals surface area (Å²) in [6, 6.07) is 8.74. The van der Waals surface area contributed by atoms with Crippen LogP contribution in [0.2, 0.25) is 0 Å². The van der Waals surface area contributed by atoms with Gasteiger partial charge in [-0.05, 0) is 51.0 Å². The molecule has 2 heterocycles. The average Bonchev–Trinajstić information content (AvgIpc) is 3.46. The lowest BCUT2D eigenvalue weighted by molar-refractivity contribution is 0.102. The highest BCUT2D eigenvalue weighted by Gasteiger charge is 2.28. The molecule has 3 amide bonds. The van der Waals surface area contributed by atoms with Crippen molar-refractivity contribution in [2.24, 2.45) is 0 Å². The number of hydrogen-bond acceptors (Lipinski definition) is 4. The highest BCUT2D eigenvalue weighted by Crippen LogP contribution is 2.40. The number of carbonyl (C=O) groups excluding carboxylic acids is 2. The summed E-state index contributed by atoms with van der Waals surface area (Å²) in [4.78, 5) is 29.4. The van der Waals surface area contributed by atoms with Crippen LogP contribution in [0.1, 0.15) is 54.7 Å². The normalized spacial score (nSPS) is 13.5. The molecule has 0 atom stereocenters. The molecule has 1 fully saturated rings. The van der Waals surface area contributed by atoms with Crippen LogP contribution < -0.4 is 16.0 Å². The fourth-order valence-electron chi connectivity index (χ4n) is 3.26. The van der Waals surface area contributed by atoms with E-state index in [-0.39, 0.29) is 18.0 Å². The molecular weight excluding hydrogens is 368 g/mol. The largest absolute Gasteiger partial charge is 0.341 e. The Labute approximate surface area is 168 Å². The van der Waals surface area contributed by atoms with Crippen molar-refractivity contribution >= 4 is 34.3 Å². The third kappa shape index (κ3) is 3.91. The Kier molecular flexibility index (Phi) is 4.92. The molecule has 3 aromatic rings. The highest BCUT2D eigenvalue weighted by atomic mass is 16.2. The fourth-order valence-corrected chi connectivity index (χ4v) is 3.26. The number of carbonyl (C=O) groups is 2. The number of nitrogens with one attached hydrogen (secondary N) is 3. The van der Waals surface area contributed by atoms with Gasteiger partial charge >= 0.3 is 6.03 Å². The number of anilines is 2. The number of rotatable bonds is 5. The van der Waals surface area contributed by atoms with Gasteiger partial charge in [-0.15, -0.1) is 0 Å². The summed E-state index contributed by atoms with van der Waals surface area (Å²) in [5.41, 5.74) is 3.43. The second-order valence-corrected chi connectivity index (χ2v) is 7.53. The molecule has 1 aliphatic rings. The lowest BCUT2D eigenvalue weighted by atomic mass is 10.1. The number of benzene rings is 1. The highest BCUT2D eigenvalue weighted by molar-refractivity contribution is 6.12. The third-order valence-corrected chi connectivity index (χ3v) is 4.92. The molecule has 8 nitrogen and oxygen atoms in total. The van der Waals surface area contributed by atoms with Crippen LogP contribution in [0.4, 0.5) is 16.2 Å². The quantitative estimate of drug-likeness (QED) is 0.613. The van der Waals surface area contributed by atoms with Gasteiger partial charge in [0.25, 0.3) is 5.91 Å². The molecule has 0 aliphatic heterocycles. The van der Waals surface area contributed by atoms with Crippen molar-refractivity contribution in [3.8, 4) is 0 Å². The van der Waals surface area contributed by atoms with E-state index in [0.717, 1.165) is 29.6 Å². The van der Waals surface area contributed by atoms with E-state index in [0.29, 0.717) is 22.9 Å². The second kappa shape index (κ2) is 7.54. The monoisotopic (exact) mass is 392 g/mol. The molecule has 0 unspecified atom stereocenters. The van der Waals surface area contributed by atoms with Crippen LogP contribution in [0, 0.1) is 0 Å². The van der Waals surface area contributed by atoms with E-state index < -0.39 is 0 Å². The first kappa shape index (κ1) is 18.9. The zero-order valence-electron chi connectivity index (χ0n) is 16.7. The van der Waals surface area contributed by atoms with Crippen molar-refractivity contribution in [2.75, 3.05) is 17.7 Å². The van der Waals surface area contributed by atoms with Crippen LogP contribution in [-0.4, -0.2) is 33.8 Å². The maximum atomic E-state index is 13.1. The lowest BCUT2D eigenvalue weighted by Gasteiger charge is -2.11. The Morgan fingerprint density at radius 1 is 1.14 bits per heavy atom. The standard InChI is InChI=1S/C21H24N6O2/c1-12(2)27-19-17(11-23-27)16(10-18(26-19)13-7-8-13)20(28)24-14-5-4-6-15(9-14)25-21(29)22-3/h4-6,9-13H,7-8H2,1-3H3,(H,24,28)(H2,22,25,29). The predicted molar refractivity (Wildman–Crippen MR) is 112 cm³/mol. The number of fused-ring (bicyclic) bond motifs is 1. The Balaban J connectivity index is 1.67. The summed E-state index contributed by atoms with van der Waals surface area (Å²) in [7, 11) is 1.55. The first-order valence-electron chi connectivity index (χ1n) is 9.74. The van der Waals surface area contributed by atoms with Gasteiger partial charge in [0.05, 0.1) is 17.1 Å². The number of aromatic nitrogens is 3. The van der Waals surface area contributed by atoms with Crippen molar-refractivity contribution in [3.63, 3.8) is 0 Å². The molecular formula is C21H24N6O2. The van der Waals surface area contributed by atoms with Crippen molar-refractivity contribution in [1.82, 2.24) is 20.1 Å². The number of pyridine rings is 1. The molecule has 1 aliphatic carbocycles. The Morgan fingerprint density at radius 2 is 1.86 bits per heavy atom. The van der Waals surface area contributed by atoms with Crippen LogP contribution in [0.25, 0.3) is 11.0 Å². The van der Waals surface area contributed by atoms with Crippen molar-refractivity contribution in [3.05, 3.63) is 47.8 Å². The minimum absolute atomic E-state index is 0.151. The summed E-state index contributed by atoms with van der Waals surface area (Å²) in [6.07, 6.45) is 3.91. The molecule has 0 spiro atoms. The summed E-state index contributed by atoms with van der Waals surface area (Å²) < 4.78 is 1.85. The van der Waals surface area contributed by atoms with E-state index in [2.05, 4.69) is 21.0 Å². The summed E-state index contributed by atoms with van der Waals surface area (Å²) in [6.45, 7) is 4.09. The zero-order chi connectivity index (χ0) is 20.5. The van der Waals surface area contributed by atoms with Gasteiger partial charge in [0.1, 0.15) is 0 Å². The Hall–Kier alpha value is -3.42. The van der Waals surface area contributed by atoms with Crippen LogP contribution >= 0.6 is 0 Å². The molecule has 29 heavy (non-hydrogen) atoms. The molecule has 150 valence electrons. The van der Waals surface area contributed by atoms with E-state index in [1.54, 1.807) is 37.5 Å². The van der Waals surface area contributed by atoms with Crippen LogP contribution in [0.15, 0.2) is 36.5 Å². The van der Waals surface area contributed by atoms with Gasteiger partial charge in [0.15, 0.2) is 5.65 Å². The maximum Gasteiger partial charge on any atom is 0.318 e. The first-order chi connectivity index (χ1) is 14.0. The lowest BCUT2D eigenvalue weighted by Crippen LogP contribution is -2.24. The van der Waals surface area contributed by atoms with E-state index in [1.807, 2.05) is 24.6 Å². The van der Waals surface area contributed by atoms with Gasteiger partial charge in [0.2, 0.25) is 0 Å². The van der Waals surface area contributed by atoms with Crippen LogP contribution in [-0.2, 0) is 0 Å². The molecule has 0 bridgehead atoms.